The molecule has 0 aliphatic carbocycles. The number of anilines is 3. The standard InChI is InChI=1S/C23H25N5O2/c1-23(2,3)19-13-20(28-30-19)27-22(29)26-15-9-7-14(8-10-15)16-5-4-6-18-17(16)11-12-25-21(18)24/h4-13,22,26,29H,1-3H3,(H2,24,25)(H,27,28). The van der Waals surface area contributed by atoms with Crippen LogP contribution in [0.5, 0.6) is 0 Å². The minimum atomic E-state index is -1.02. The first-order valence-corrected chi connectivity index (χ1v) is 9.73. The van der Waals surface area contributed by atoms with Gasteiger partial charge in [0.2, 0.25) is 6.35 Å². The second kappa shape index (κ2) is 7.68. The van der Waals surface area contributed by atoms with Crippen molar-refractivity contribution in [3.8, 4) is 11.1 Å². The summed E-state index contributed by atoms with van der Waals surface area (Å²) in [6, 6.07) is 17.5. The Bertz CT molecular complexity index is 1160. The summed E-state index contributed by atoms with van der Waals surface area (Å²) in [6.07, 6.45) is 0.700. The van der Waals surface area contributed by atoms with Crippen molar-refractivity contribution in [3.63, 3.8) is 0 Å². The zero-order chi connectivity index (χ0) is 21.3. The van der Waals surface area contributed by atoms with Gasteiger partial charge in [0.1, 0.15) is 11.6 Å². The Morgan fingerprint density at radius 2 is 1.77 bits per heavy atom. The molecular formula is C23H25N5O2. The molecule has 0 spiro atoms. The highest BCUT2D eigenvalue weighted by atomic mass is 16.5. The normalized spacial score (nSPS) is 12.7. The Labute approximate surface area is 174 Å². The molecule has 1 atom stereocenters. The molecule has 2 aromatic carbocycles. The van der Waals surface area contributed by atoms with Gasteiger partial charge in [-0.15, -0.1) is 0 Å². The van der Waals surface area contributed by atoms with E-state index in [0.29, 0.717) is 11.6 Å². The summed E-state index contributed by atoms with van der Waals surface area (Å²) in [5.74, 6) is 1.73. The molecule has 0 aliphatic heterocycles. The molecule has 7 nitrogen and oxygen atoms in total. The minimum absolute atomic E-state index is 0.149. The number of aliphatic hydroxyl groups is 1. The highest BCUT2D eigenvalue weighted by Gasteiger charge is 2.20. The summed E-state index contributed by atoms with van der Waals surface area (Å²) >= 11 is 0. The zero-order valence-corrected chi connectivity index (χ0v) is 17.2. The maximum absolute atomic E-state index is 10.3. The molecule has 7 heteroatoms. The molecule has 0 saturated carbocycles. The van der Waals surface area contributed by atoms with Crippen molar-refractivity contribution in [3.05, 3.63) is 66.6 Å². The van der Waals surface area contributed by atoms with Crippen LogP contribution >= 0.6 is 0 Å². The van der Waals surface area contributed by atoms with E-state index in [1.807, 2.05) is 63.2 Å². The van der Waals surface area contributed by atoms with Gasteiger partial charge < -0.3 is 26.0 Å². The second-order valence-electron chi connectivity index (χ2n) is 8.19. The van der Waals surface area contributed by atoms with E-state index in [4.69, 9.17) is 10.3 Å². The van der Waals surface area contributed by atoms with Crippen LogP contribution in [0.3, 0.4) is 0 Å². The van der Waals surface area contributed by atoms with Gasteiger partial charge in [-0.05, 0) is 34.7 Å². The smallest absolute Gasteiger partial charge is 0.204 e. The average molecular weight is 403 g/mol. The van der Waals surface area contributed by atoms with Gasteiger partial charge in [0.05, 0.1) is 0 Å². The lowest BCUT2D eigenvalue weighted by molar-refractivity contribution is 0.231. The predicted molar refractivity (Wildman–Crippen MR) is 120 cm³/mol. The summed E-state index contributed by atoms with van der Waals surface area (Å²) < 4.78 is 5.32. The van der Waals surface area contributed by atoms with Crippen LogP contribution in [0.4, 0.5) is 17.3 Å². The van der Waals surface area contributed by atoms with E-state index in [1.165, 1.54) is 0 Å². The first-order valence-electron chi connectivity index (χ1n) is 9.73. The Kier molecular flexibility index (Phi) is 5.05. The molecule has 4 rings (SSSR count). The summed E-state index contributed by atoms with van der Waals surface area (Å²) in [6.45, 7) is 6.11. The first-order chi connectivity index (χ1) is 14.3. The van der Waals surface area contributed by atoms with Gasteiger partial charge in [-0.2, -0.15) is 0 Å². The van der Waals surface area contributed by atoms with Gasteiger partial charge in [-0.1, -0.05) is 56.3 Å². The number of rotatable bonds is 5. The Hall–Kier alpha value is -3.58. The summed E-state index contributed by atoms with van der Waals surface area (Å²) in [5.41, 5.74) is 8.74. The predicted octanol–water partition coefficient (Wildman–Crippen LogP) is 4.57. The van der Waals surface area contributed by atoms with Gasteiger partial charge in [0.15, 0.2) is 5.82 Å². The topological polar surface area (TPSA) is 109 Å². The van der Waals surface area contributed by atoms with Gasteiger partial charge in [-0.25, -0.2) is 4.98 Å². The van der Waals surface area contributed by atoms with E-state index in [2.05, 4.69) is 26.8 Å². The first kappa shape index (κ1) is 19.7. The third-order valence-corrected chi connectivity index (χ3v) is 4.87. The highest BCUT2D eigenvalue weighted by Crippen LogP contribution is 2.31. The van der Waals surface area contributed by atoms with Crippen LogP contribution in [-0.2, 0) is 5.41 Å². The monoisotopic (exact) mass is 403 g/mol. The van der Waals surface area contributed by atoms with Crippen LogP contribution in [0.25, 0.3) is 21.9 Å². The molecule has 5 N–H and O–H groups in total. The third-order valence-electron chi connectivity index (χ3n) is 4.87. The number of nitrogens with two attached hydrogens (primary N) is 1. The lowest BCUT2D eigenvalue weighted by Crippen LogP contribution is -2.28. The fourth-order valence-corrected chi connectivity index (χ4v) is 3.26. The van der Waals surface area contributed by atoms with Gasteiger partial charge in [0.25, 0.3) is 0 Å². The second-order valence-corrected chi connectivity index (χ2v) is 8.19. The van der Waals surface area contributed by atoms with Gasteiger partial charge >= 0.3 is 0 Å². The molecule has 0 aliphatic rings. The molecule has 0 fully saturated rings. The molecule has 30 heavy (non-hydrogen) atoms. The third kappa shape index (κ3) is 4.06. The average Bonchev–Trinajstić information content (AvgIpc) is 3.17. The number of hydrogen-bond donors (Lipinski definition) is 4. The molecule has 2 heterocycles. The number of nitrogens with one attached hydrogen (secondary N) is 2. The number of pyridine rings is 1. The number of aliphatic hydroxyl groups excluding tert-OH is 1. The number of fused-ring (bicyclic) bond motifs is 1. The molecule has 0 amide bonds. The highest BCUT2D eigenvalue weighted by molar-refractivity contribution is 6.01. The van der Waals surface area contributed by atoms with Crippen molar-refractivity contribution in [2.24, 2.45) is 0 Å². The Morgan fingerprint density at radius 3 is 2.47 bits per heavy atom. The zero-order valence-electron chi connectivity index (χ0n) is 17.2. The number of aromatic nitrogens is 2. The largest absolute Gasteiger partial charge is 0.383 e. The Balaban J connectivity index is 1.48. The van der Waals surface area contributed by atoms with E-state index < -0.39 is 6.35 Å². The van der Waals surface area contributed by atoms with E-state index >= 15 is 0 Å². The molecule has 4 aromatic rings. The number of benzene rings is 2. The molecule has 0 bridgehead atoms. The van der Waals surface area contributed by atoms with Crippen molar-refractivity contribution < 1.29 is 9.63 Å². The SMILES string of the molecule is CC(C)(C)c1cc(NC(O)Nc2ccc(-c3cccc4c(N)nccc34)cc2)no1. The minimum Gasteiger partial charge on any atom is -0.383 e. The van der Waals surface area contributed by atoms with Gasteiger partial charge in [0, 0.05) is 28.8 Å². The van der Waals surface area contributed by atoms with Crippen molar-refractivity contribution in [1.29, 1.82) is 0 Å². The quantitative estimate of drug-likeness (QED) is 0.361. The molecule has 1 unspecified atom stereocenters. The molecule has 154 valence electrons. The van der Waals surface area contributed by atoms with Crippen LogP contribution in [-0.4, -0.2) is 21.6 Å². The molecular weight excluding hydrogens is 378 g/mol. The number of nitrogen functional groups attached to an aromatic ring is 1. The van der Waals surface area contributed by atoms with Crippen LogP contribution < -0.4 is 16.4 Å². The van der Waals surface area contributed by atoms with Crippen LogP contribution in [0.15, 0.2) is 65.3 Å². The van der Waals surface area contributed by atoms with E-state index in [9.17, 15) is 5.11 Å². The fourth-order valence-electron chi connectivity index (χ4n) is 3.26. The number of hydrogen-bond acceptors (Lipinski definition) is 7. The summed E-state index contributed by atoms with van der Waals surface area (Å²) in [5, 5.41) is 22.1. The lowest BCUT2D eigenvalue weighted by atomic mass is 9.93. The van der Waals surface area contributed by atoms with Crippen molar-refractivity contribution in [2.45, 2.75) is 32.5 Å². The summed E-state index contributed by atoms with van der Waals surface area (Å²) in [7, 11) is 0. The Morgan fingerprint density at radius 1 is 1.00 bits per heavy atom. The van der Waals surface area contributed by atoms with E-state index in [1.54, 1.807) is 12.3 Å². The maximum Gasteiger partial charge on any atom is 0.204 e. The van der Waals surface area contributed by atoms with Crippen molar-refractivity contribution in [2.75, 3.05) is 16.4 Å². The summed E-state index contributed by atoms with van der Waals surface area (Å²) in [4.78, 5) is 4.16. The lowest BCUT2D eigenvalue weighted by Gasteiger charge is -2.15. The van der Waals surface area contributed by atoms with Crippen LogP contribution in [0.1, 0.15) is 26.5 Å². The molecule has 2 aromatic heterocycles. The fraction of sp³-hybridized carbons (Fsp3) is 0.217. The van der Waals surface area contributed by atoms with Crippen molar-refractivity contribution >= 4 is 28.1 Å². The molecule has 0 radical (unpaired) electrons. The van der Waals surface area contributed by atoms with E-state index in [-0.39, 0.29) is 5.41 Å². The van der Waals surface area contributed by atoms with Crippen LogP contribution in [0.2, 0.25) is 0 Å². The van der Waals surface area contributed by atoms with Crippen LogP contribution in [0, 0.1) is 0 Å². The maximum atomic E-state index is 10.3. The van der Waals surface area contributed by atoms with E-state index in [0.717, 1.165) is 33.3 Å². The number of nitrogens with zero attached hydrogens (tertiary/aromatic N) is 2. The molecule has 0 saturated heterocycles. The van der Waals surface area contributed by atoms with Crippen molar-refractivity contribution in [1.82, 2.24) is 10.1 Å². The van der Waals surface area contributed by atoms with Gasteiger partial charge in [-0.3, -0.25) is 0 Å².